The van der Waals surface area contributed by atoms with E-state index >= 15 is 0 Å². The van der Waals surface area contributed by atoms with Crippen molar-refractivity contribution in [1.82, 2.24) is 5.32 Å². The van der Waals surface area contributed by atoms with Gasteiger partial charge in [0, 0.05) is 19.3 Å². The van der Waals surface area contributed by atoms with E-state index in [1.165, 1.54) is 18.2 Å². The zero-order valence-corrected chi connectivity index (χ0v) is 18.0. The van der Waals surface area contributed by atoms with Gasteiger partial charge in [-0.2, -0.15) is 0 Å². The van der Waals surface area contributed by atoms with Gasteiger partial charge >= 0.3 is 12.1 Å². The number of amides is 2. The minimum absolute atomic E-state index is 0.00233. The predicted octanol–water partition coefficient (Wildman–Crippen LogP) is 2.97. The Morgan fingerprint density at radius 3 is 2.58 bits per heavy atom. The van der Waals surface area contributed by atoms with Crippen molar-refractivity contribution in [1.29, 1.82) is 0 Å². The van der Waals surface area contributed by atoms with Crippen LogP contribution < -0.4 is 15.8 Å². The molecule has 0 aliphatic rings. The van der Waals surface area contributed by atoms with E-state index in [-0.39, 0.29) is 31.4 Å². The summed E-state index contributed by atoms with van der Waals surface area (Å²) in [7, 11) is 0. The fourth-order valence-corrected chi connectivity index (χ4v) is 2.36. The zero-order chi connectivity index (χ0) is 23.4. The number of hydrogen-bond donors (Lipinski definition) is 3. The van der Waals surface area contributed by atoms with Gasteiger partial charge in [-0.15, -0.1) is 0 Å². The number of primary amides is 1. The number of carbonyl (C=O) groups is 3. The molecule has 0 heterocycles. The summed E-state index contributed by atoms with van der Waals surface area (Å²) < 4.78 is 24.8. The Morgan fingerprint density at radius 2 is 1.97 bits per heavy atom. The smallest absolute Gasteiger partial charge is 0.407 e. The number of ether oxygens (including phenoxy) is 2. The van der Waals surface area contributed by atoms with Gasteiger partial charge in [0.05, 0.1) is 11.6 Å². The average molecular weight is 436 g/mol. The highest BCUT2D eigenvalue weighted by molar-refractivity contribution is 5.74. The lowest BCUT2D eigenvalue weighted by molar-refractivity contribution is -0.137. The SMILES string of the molecule is CC(C)(C)OC(=O)N[C@@H](CCC(N)=O)COc1ccc(F)c(C#CCCCC(=O)O)c1. The Labute approximate surface area is 181 Å². The van der Waals surface area contributed by atoms with Crippen molar-refractivity contribution in [3.63, 3.8) is 0 Å². The van der Waals surface area contributed by atoms with Gasteiger partial charge in [0.1, 0.15) is 23.8 Å². The first-order valence-electron chi connectivity index (χ1n) is 9.87. The Morgan fingerprint density at radius 1 is 1.26 bits per heavy atom. The summed E-state index contributed by atoms with van der Waals surface area (Å²) in [5.74, 6) is 3.77. The van der Waals surface area contributed by atoms with Crippen LogP contribution in [0.25, 0.3) is 0 Å². The number of nitrogens with two attached hydrogens (primary N) is 1. The van der Waals surface area contributed by atoms with Crippen LogP contribution in [0.3, 0.4) is 0 Å². The third-order valence-corrected chi connectivity index (χ3v) is 3.76. The van der Waals surface area contributed by atoms with Crippen LogP contribution in [0.4, 0.5) is 9.18 Å². The second kappa shape index (κ2) is 12.4. The summed E-state index contributed by atoms with van der Waals surface area (Å²) in [5.41, 5.74) is 4.61. The highest BCUT2D eigenvalue weighted by Crippen LogP contribution is 2.17. The van der Waals surface area contributed by atoms with E-state index < -0.39 is 35.4 Å². The molecule has 8 nitrogen and oxygen atoms in total. The Kier molecular flexibility index (Phi) is 10.3. The van der Waals surface area contributed by atoms with Gasteiger partial charge in [-0.05, 0) is 51.8 Å². The molecule has 31 heavy (non-hydrogen) atoms. The van der Waals surface area contributed by atoms with Crippen molar-refractivity contribution < 1.29 is 33.4 Å². The van der Waals surface area contributed by atoms with E-state index in [2.05, 4.69) is 17.2 Å². The van der Waals surface area contributed by atoms with Gasteiger partial charge in [-0.3, -0.25) is 9.59 Å². The number of carboxylic acid groups (broad SMARTS) is 1. The number of carbonyl (C=O) groups excluding carboxylic acids is 2. The lowest BCUT2D eigenvalue weighted by Crippen LogP contribution is -2.42. The van der Waals surface area contributed by atoms with E-state index in [1.54, 1.807) is 20.8 Å². The van der Waals surface area contributed by atoms with Gasteiger partial charge in [0.2, 0.25) is 5.91 Å². The topological polar surface area (TPSA) is 128 Å². The molecule has 0 aliphatic carbocycles. The van der Waals surface area contributed by atoms with E-state index in [1.807, 2.05) is 0 Å². The molecular formula is C22H29FN2O6. The molecule has 0 aromatic heterocycles. The summed E-state index contributed by atoms with van der Waals surface area (Å²) in [5, 5.41) is 11.2. The lowest BCUT2D eigenvalue weighted by atomic mass is 10.1. The second-order valence-electron chi connectivity index (χ2n) is 7.85. The second-order valence-corrected chi connectivity index (χ2v) is 7.85. The fourth-order valence-electron chi connectivity index (χ4n) is 2.36. The molecule has 0 bridgehead atoms. The fraction of sp³-hybridized carbons (Fsp3) is 0.500. The average Bonchev–Trinajstić information content (AvgIpc) is 2.63. The Balaban J connectivity index is 2.75. The molecule has 2 amide bonds. The van der Waals surface area contributed by atoms with Crippen molar-refractivity contribution >= 4 is 18.0 Å². The molecule has 0 saturated carbocycles. The molecule has 0 aliphatic heterocycles. The molecule has 1 atom stereocenters. The van der Waals surface area contributed by atoms with E-state index in [4.69, 9.17) is 20.3 Å². The molecule has 0 radical (unpaired) electrons. The number of halogens is 1. The number of rotatable bonds is 10. The summed E-state index contributed by atoms with van der Waals surface area (Å²) in [6, 6.07) is 3.48. The van der Waals surface area contributed by atoms with Crippen LogP contribution in [-0.4, -0.2) is 41.3 Å². The third-order valence-electron chi connectivity index (χ3n) is 3.76. The molecule has 1 aromatic carbocycles. The molecule has 0 unspecified atom stereocenters. The molecule has 9 heteroatoms. The Hall–Kier alpha value is -3.28. The Bertz CT molecular complexity index is 839. The van der Waals surface area contributed by atoms with Gasteiger partial charge in [0.15, 0.2) is 0 Å². The van der Waals surface area contributed by atoms with E-state index in [0.29, 0.717) is 18.6 Å². The monoisotopic (exact) mass is 436 g/mol. The van der Waals surface area contributed by atoms with E-state index in [9.17, 15) is 18.8 Å². The maximum atomic E-state index is 14.0. The van der Waals surface area contributed by atoms with E-state index in [0.717, 1.165) is 0 Å². The van der Waals surface area contributed by atoms with Crippen molar-refractivity contribution in [2.75, 3.05) is 6.61 Å². The van der Waals surface area contributed by atoms with Crippen LogP contribution in [0.15, 0.2) is 18.2 Å². The van der Waals surface area contributed by atoms with Crippen LogP contribution >= 0.6 is 0 Å². The number of alkyl carbamates (subject to hydrolysis) is 1. The summed E-state index contributed by atoms with van der Waals surface area (Å²) in [6.45, 7) is 5.18. The van der Waals surface area contributed by atoms with Crippen molar-refractivity contribution in [2.24, 2.45) is 5.73 Å². The van der Waals surface area contributed by atoms with Crippen LogP contribution in [0.5, 0.6) is 5.75 Å². The van der Waals surface area contributed by atoms with Crippen LogP contribution in [0.2, 0.25) is 0 Å². The zero-order valence-electron chi connectivity index (χ0n) is 18.0. The number of carboxylic acids is 1. The minimum Gasteiger partial charge on any atom is -0.491 e. The van der Waals surface area contributed by atoms with Crippen molar-refractivity contribution in [2.45, 2.75) is 64.5 Å². The number of nitrogens with one attached hydrogen (secondary N) is 1. The number of benzene rings is 1. The standard InChI is InChI=1S/C22H29FN2O6/c1-22(2,3)31-21(29)25-16(9-12-19(24)26)14-30-17-10-11-18(23)15(13-17)7-5-4-6-8-20(27)28/h10-11,13,16H,4,6,8-9,12,14H2,1-3H3,(H2,24,26)(H,25,29)(H,27,28)/t16-/m0/s1. The number of unbranched alkanes of at least 4 members (excludes halogenated alkanes) is 1. The lowest BCUT2D eigenvalue weighted by Gasteiger charge is -2.23. The minimum atomic E-state index is -0.908. The first kappa shape index (κ1) is 25.8. The maximum Gasteiger partial charge on any atom is 0.407 e. The normalized spacial score (nSPS) is 11.6. The molecule has 0 fully saturated rings. The quantitative estimate of drug-likeness (QED) is 0.382. The van der Waals surface area contributed by atoms with Crippen molar-refractivity contribution in [3.05, 3.63) is 29.6 Å². The summed E-state index contributed by atoms with van der Waals surface area (Å²) in [4.78, 5) is 33.6. The van der Waals surface area contributed by atoms with Gasteiger partial charge in [-0.1, -0.05) is 11.8 Å². The molecule has 1 rings (SSSR count). The maximum absolute atomic E-state index is 14.0. The molecule has 4 N–H and O–H groups in total. The summed E-state index contributed by atoms with van der Waals surface area (Å²) in [6.07, 6.45) is 0.325. The van der Waals surface area contributed by atoms with Gasteiger partial charge in [0.25, 0.3) is 0 Å². The molecule has 170 valence electrons. The highest BCUT2D eigenvalue weighted by atomic mass is 19.1. The van der Waals surface area contributed by atoms with Crippen LogP contribution in [-0.2, 0) is 14.3 Å². The first-order valence-corrected chi connectivity index (χ1v) is 9.87. The molecule has 1 aromatic rings. The summed E-state index contributed by atoms with van der Waals surface area (Å²) >= 11 is 0. The predicted molar refractivity (Wildman–Crippen MR) is 112 cm³/mol. The number of hydrogen-bond acceptors (Lipinski definition) is 5. The highest BCUT2D eigenvalue weighted by Gasteiger charge is 2.20. The van der Waals surface area contributed by atoms with Crippen LogP contribution in [0, 0.1) is 17.7 Å². The third kappa shape index (κ3) is 12.1. The van der Waals surface area contributed by atoms with Crippen molar-refractivity contribution in [3.8, 4) is 17.6 Å². The van der Waals surface area contributed by atoms with Gasteiger partial charge in [-0.25, -0.2) is 9.18 Å². The molecular weight excluding hydrogens is 407 g/mol. The molecule has 0 spiro atoms. The largest absolute Gasteiger partial charge is 0.491 e. The number of aliphatic carboxylic acids is 1. The first-order chi connectivity index (χ1) is 14.5. The molecule has 0 saturated heterocycles. The van der Waals surface area contributed by atoms with Gasteiger partial charge < -0.3 is 25.6 Å². The van der Waals surface area contributed by atoms with Crippen LogP contribution in [0.1, 0.15) is 58.4 Å².